The number of esters is 1. The second-order valence-electron chi connectivity index (χ2n) is 4.12. The maximum absolute atomic E-state index is 12.2. The van der Waals surface area contributed by atoms with Gasteiger partial charge in [-0.15, -0.1) is 11.8 Å². The molecule has 0 saturated carbocycles. The van der Waals surface area contributed by atoms with Crippen LogP contribution in [0.3, 0.4) is 0 Å². The average molecular weight is 351 g/mol. The van der Waals surface area contributed by atoms with Crippen molar-refractivity contribution in [2.45, 2.75) is 17.1 Å². The summed E-state index contributed by atoms with van der Waals surface area (Å²) in [6.07, 6.45) is 0. The van der Waals surface area contributed by atoms with E-state index in [0.717, 1.165) is 14.9 Å². The van der Waals surface area contributed by atoms with Gasteiger partial charge in [-0.3, -0.25) is 4.79 Å². The number of carbonyl (C=O) groups is 1. The molecule has 0 aliphatic rings. The molecule has 0 spiro atoms. The molecule has 2 rings (SSSR count). The highest BCUT2D eigenvalue weighted by Gasteiger charge is 2.23. The van der Waals surface area contributed by atoms with E-state index in [0.29, 0.717) is 6.61 Å². The third kappa shape index (κ3) is 4.12. The topological polar surface area (TPSA) is 26.3 Å². The summed E-state index contributed by atoms with van der Waals surface area (Å²) in [4.78, 5) is 13.2. The number of rotatable bonds is 5. The zero-order chi connectivity index (χ0) is 14.4. The zero-order valence-electron chi connectivity index (χ0n) is 11.1. The molecule has 2 aromatic rings. The van der Waals surface area contributed by atoms with Crippen molar-refractivity contribution in [1.29, 1.82) is 0 Å². The standard InChI is InChI=1S/C16H15BrO2S/c1-2-19-16(18)15(12-7-4-3-5-8-12)20-14-10-6-9-13(17)11-14/h3-11,15H,2H2,1H3. The molecule has 0 aliphatic heterocycles. The third-order valence-corrected chi connectivity index (χ3v) is 4.37. The van der Waals surface area contributed by atoms with Gasteiger partial charge < -0.3 is 4.74 Å². The van der Waals surface area contributed by atoms with Crippen LogP contribution in [0.5, 0.6) is 0 Å². The van der Waals surface area contributed by atoms with E-state index in [4.69, 9.17) is 4.74 Å². The summed E-state index contributed by atoms with van der Waals surface area (Å²) < 4.78 is 6.19. The van der Waals surface area contributed by atoms with Crippen LogP contribution >= 0.6 is 27.7 Å². The Morgan fingerprint density at radius 3 is 2.60 bits per heavy atom. The summed E-state index contributed by atoms with van der Waals surface area (Å²) in [5.41, 5.74) is 0.955. The van der Waals surface area contributed by atoms with E-state index in [-0.39, 0.29) is 11.2 Å². The normalized spacial score (nSPS) is 11.9. The number of hydrogen-bond acceptors (Lipinski definition) is 3. The Labute approximate surface area is 131 Å². The largest absolute Gasteiger partial charge is 0.465 e. The van der Waals surface area contributed by atoms with Crippen molar-refractivity contribution in [3.63, 3.8) is 0 Å². The Morgan fingerprint density at radius 2 is 1.95 bits per heavy atom. The van der Waals surface area contributed by atoms with Gasteiger partial charge in [0, 0.05) is 9.37 Å². The van der Waals surface area contributed by atoms with Crippen LogP contribution in [0.25, 0.3) is 0 Å². The van der Waals surface area contributed by atoms with Crippen molar-refractivity contribution in [2.75, 3.05) is 6.61 Å². The number of hydrogen-bond donors (Lipinski definition) is 0. The maximum Gasteiger partial charge on any atom is 0.323 e. The van der Waals surface area contributed by atoms with E-state index in [1.54, 1.807) is 0 Å². The van der Waals surface area contributed by atoms with Crippen LogP contribution in [0.2, 0.25) is 0 Å². The molecule has 0 bridgehead atoms. The third-order valence-electron chi connectivity index (χ3n) is 2.65. The average Bonchev–Trinajstić information content (AvgIpc) is 2.46. The van der Waals surface area contributed by atoms with Gasteiger partial charge in [-0.1, -0.05) is 52.3 Å². The molecule has 1 unspecified atom stereocenters. The van der Waals surface area contributed by atoms with Crippen LogP contribution in [-0.4, -0.2) is 12.6 Å². The van der Waals surface area contributed by atoms with E-state index < -0.39 is 0 Å². The van der Waals surface area contributed by atoms with Gasteiger partial charge in [0.2, 0.25) is 0 Å². The van der Waals surface area contributed by atoms with E-state index in [9.17, 15) is 4.79 Å². The molecule has 0 saturated heterocycles. The van der Waals surface area contributed by atoms with Crippen LogP contribution in [0.4, 0.5) is 0 Å². The number of benzene rings is 2. The lowest BCUT2D eigenvalue weighted by molar-refractivity contribution is -0.142. The maximum atomic E-state index is 12.2. The summed E-state index contributed by atoms with van der Waals surface area (Å²) in [6, 6.07) is 17.6. The molecule has 0 amide bonds. The van der Waals surface area contributed by atoms with Crippen LogP contribution < -0.4 is 0 Å². The minimum Gasteiger partial charge on any atom is -0.465 e. The molecular weight excluding hydrogens is 336 g/mol. The summed E-state index contributed by atoms with van der Waals surface area (Å²) in [5.74, 6) is -0.205. The van der Waals surface area contributed by atoms with Gasteiger partial charge in [0.05, 0.1) is 6.61 Å². The highest BCUT2D eigenvalue weighted by atomic mass is 79.9. The molecule has 2 nitrogen and oxygen atoms in total. The van der Waals surface area contributed by atoms with Crippen molar-refractivity contribution >= 4 is 33.7 Å². The molecule has 0 radical (unpaired) electrons. The first-order valence-corrected chi connectivity index (χ1v) is 8.01. The van der Waals surface area contributed by atoms with E-state index in [2.05, 4.69) is 15.9 Å². The molecule has 0 fully saturated rings. The lowest BCUT2D eigenvalue weighted by Gasteiger charge is -2.15. The summed E-state index contributed by atoms with van der Waals surface area (Å²) >= 11 is 4.95. The smallest absolute Gasteiger partial charge is 0.323 e. The predicted molar refractivity (Wildman–Crippen MR) is 85.8 cm³/mol. The van der Waals surface area contributed by atoms with Crippen molar-refractivity contribution in [2.24, 2.45) is 0 Å². The fourth-order valence-corrected chi connectivity index (χ4v) is 3.41. The fraction of sp³-hybridized carbons (Fsp3) is 0.188. The van der Waals surface area contributed by atoms with Crippen LogP contribution in [0.15, 0.2) is 64.0 Å². The summed E-state index contributed by atoms with van der Waals surface area (Å²) in [5, 5.41) is -0.342. The lowest BCUT2D eigenvalue weighted by Crippen LogP contribution is -2.13. The van der Waals surface area contributed by atoms with Gasteiger partial charge in [0.1, 0.15) is 5.25 Å². The Bertz CT molecular complexity index is 572. The molecule has 2 aromatic carbocycles. The highest BCUT2D eigenvalue weighted by Crippen LogP contribution is 2.37. The van der Waals surface area contributed by atoms with Crippen molar-refractivity contribution < 1.29 is 9.53 Å². The van der Waals surface area contributed by atoms with Crippen molar-refractivity contribution in [3.05, 3.63) is 64.6 Å². The fourth-order valence-electron chi connectivity index (χ4n) is 1.77. The Balaban J connectivity index is 2.25. The predicted octanol–water partition coefficient (Wildman–Crippen LogP) is 4.85. The first-order valence-electron chi connectivity index (χ1n) is 6.34. The molecule has 104 valence electrons. The number of carbonyl (C=O) groups excluding carboxylic acids is 1. The quantitative estimate of drug-likeness (QED) is 0.569. The molecule has 0 aromatic heterocycles. The Kier molecular flexibility index (Phi) is 5.68. The first kappa shape index (κ1) is 15.1. The van der Waals surface area contributed by atoms with Gasteiger partial charge in [0.25, 0.3) is 0 Å². The zero-order valence-corrected chi connectivity index (χ0v) is 13.5. The number of thioether (sulfide) groups is 1. The lowest BCUT2D eigenvalue weighted by atomic mass is 10.1. The molecule has 0 N–H and O–H groups in total. The Morgan fingerprint density at radius 1 is 1.20 bits per heavy atom. The highest BCUT2D eigenvalue weighted by molar-refractivity contribution is 9.10. The van der Waals surface area contributed by atoms with E-state index in [1.807, 2.05) is 61.5 Å². The van der Waals surface area contributed by atoms with Gasteiger partial charge in [-0.2, -0.15) is 0 Å². The Hall–Kier alpha value is -1.26. The van der Waals surface area contributed by atoms with Gasteiger partial charge in [0.15, 0.2) is 0 Å². The van der Waals surface area contributed by atoms with Gasteiger partial charge >= 0.3 is 5.97 Å². The molecular formula is C16H15BrO2S. The summed E-state index contributed by atoms with van der Waals surface area (Å²) in [7, 11) is 0. The molecule has 1 atom stereocenters. The van der Waals surface area contributed by atoms with E-state index >= 15 is 0 Å². The van der Waals surface area contributed by atoms with Crippen molar-refractivity contribution in [3.8, 4) is 0 Å². The van der Waals surface area contributed by atoms with Crippen molar-refractivity contribution in [1.82, 2.24) is 0 Å². The minimum atomic E-state index is -0.342. The van der Waals surface area contributed by atoms with Crippen LogP contribution in [0, 0.1) is 0 Å². The van der Waals surface area contributed by atoms with Crippen LogP contribution in [-0.2, 0) is 9.53 Å². The number of ether oxygens (including phenoxy) is 1. The molecule has 0 heterocycles. The van der Waals surface area contributed by atoms with Gasteiger partial charge in [-0.05, 0) is 30.7 Å². The van der Waals surface area contributed by atoms with Gasteiger partial charge in [-0.25, -0.2) is 0 Å². The number of halogens is 1. The minimum absolute atomic E-state index is 0.205. The second-order valence-corrected chi connectivity index (χ2v) is 6.21. The molecule has 0 aliphatic carbocycles. The van der Waals surface area contributed by atoms with E-state index in [1.165, 1.54) is 11.8 Å². The monoisotopic (exact) mass is 350 g/mol. The molecule has 20 heavy (non-hydrogen) atoms. The first-order chi connectivity index (χ1) is 9.70. The molecule has 4 heteroatoms. The second kappa shape index (κ2) is 7.50. The SMILES string of the molecule is CCOC(=O)C(Sc1cccc(Br)c1)c1ccccc1. The van der Waals surface area contributed by atoms with Crippen LogP contribution in [0.1, 0.15) is 17.7 Å². The summed E-state index contributed by atoms with van der Waals surface area (Å²) in [6.45, 7) is 2.21.